The van der Waals surface area contributed by atoms with E-state index in [9.17, 15) is 19.2 Å². The van der Waals surface area contributed by atoms with Gasteiger partial charge < -0.3 is 19.3 Å². The van der Waals surface area contributed by atoms with Gasteiger partial charge in [0.1, 0.15) is 5.41 Å². The lowest BCUT2D eigenvalue weighted by Gasteiger charge is -2.41. The molecule has 8 nitrogen and oxygen atoms in total. The van der Waals surface area contributed by atoms with Gasteiger partial charge in [-0.1, -0.05) is 67.1 Å². The van der Waals surface area contributed by atoms with E-state index in [0.29, 0.717) is 13.1 Å². The number of carbonyl (C=O) groups excluding carboxylic acids is 4. The molecular formula is C38H48N2O6S2. The molecule has 2 aliphatic carbocycles. The van der Waals surface area contributed by atoms with Crippen LogP contribution in [0.4, 0.5) is 0 Å². The van der Waals surface area contributed by atoms with E-state index in [1.54, 1.807) is 0 Å². The third-order valence-corrected chi connectivity index (χ3v) is 16.6. The minimum Gasteiger partial charge on any atom is -0.469 e. The fraction of sp³-hybridized carbons (Fsp3) is 0.579. The van der Waals surface area contributed by atoms with E-state index in [1.807, 2.05) is 115 Å². The zero-order chi connectivity index (χ0) is 34.5. The molecule has 3 aliphatic heterocycles. The normalized spacial score (nSPS) is 32.8. The Bertz CT molecular complexity index is 1570. The second kappa shape index (κ2) is 12.7. The molecule has 3 saturated heterocycles. The quantitative estimate of drug-likeness (QED) is 0.311. The van der Waals surface area contributed by atoms with Gasteiger partial charge in [-0.3, -0.25) is 19.2 Å². The molecule has 0 N–H and O–H groups in total. The molecule has 3 heterocycles. The maximum Gasteiger partial charge on any atom is 0.314 e. The molecule has 0 unspecified atom stereocenters. The number of benzene rings is 2. The second-order valence-electron chi connectivity index (χ2n) is 14.4. The first-order valence-electron chi connectivity index (χ1n) is 17.0. The molecule has 0 radical (unpaired) electrons. The van der Waals surface area contributed by atoms with E-state index in [0.717, 1.165) is 54.7 Å². The summed E-state index contributed by atoms with van der Waals surface area (Å²) in [4.78, 5) is 56.1. The number of ether oxygens (including phenoxy) is 2. The number of esters is 2. The largest absolute Gasteiger partial charge is 0.469 e. The first-order valence-corrected chi connectivity index (χ1v) is 19.0. The number of nitrogens with zero attached hydrogens (tertiary/aromatic N) is 2. The highest BCUT2D eigenvalue weighted by molar-refractivity contribution is 8.21. The van der Waals surface area contributed by atoms with Crippen molar-refractivity contribution in [2.45, 2.75) is 76.0 Å². The van der Waals surface area contributed by atoms with Gasteiger partial charge >= 0.3 is 11.9 Å². The lowest BCUT2D eigenvalue weighted by molar-refractivity contribution is -0.159. The minimum atomic E-state index is -0.744. The first-order chi connectivity index (χ1) is 22.9. The SMILES string of the molecule is COC(=O)[C@@]12CCC3(SCCS3)[C@]1(C)C(=O)N([C@H](C)c1ccccc1)C2.COC(=O)[C@@]12CCC[C@]1(C)C(=O)N([C@H](C)c1ccccc1)C2. The number of hydrogen-bond acceptors (Lipinski definition) is 8. The van der Waals surface area contributed by atoms with E-state index in [-0.39, 0.29) is 39.9 Å². The average molecular weight is 693 g/mol. The van der Waals surface area contributed by atoms with Crippen LogP contribution >= 0.6 is 23.5 Å². The molecule has 5 aliphatic rings. The Morgan fingerprint density at radius 3 is 1.69 bits per heavy atom. The molecule has 5 fully saturated rings. The van der Waals surface area contributed by atoms with Crippen LogP contribution in [0.1, 0.15) is 83.0 Å². The van der Waals surface area contributed by atoms with Crippen molar-refractivity contribution in [3.63, 3.8) is 0 Å². The van der Waals surface area contributed by atoms with Gasteiger partial charge in [0, 0.05) is 24.6 Å². The van der Waals surface area contributed by atoms with Crippen molar-refractivity contribution in [2.24, 2.45) is 21.7 Å². The molecule has 0 aromatic heterocycles. The summed E-state index contributed by atoms with van der Waals surface area (Å²) in [6, 6.07) is 20.0. The van der Waals surface area contributed by atoms with Crippen molar-refractivity contribution in [1.82, 2.24) is 9.80 Å². The molecule has 10 heteroatoms. The minimum absolute atomic E-state index is 0.0299. The average Bonchev–Trinajstić information content (AvgIpc) is 3.89. The van der Waals surface area contributed by atoms with Gasteiger partial charge in [0.2, 0.25) is 11.8 Å². The predicted octanol–water partition coefficient (Wildman–Crippen LogP) is 6.67. The Morgan fingerprint density at radius 2 is 1.17 bits per heavy atom. The van der Waals surface area contributed by atoms with Crippen molar-refractivity contribution < 1.29 is 28.7 Å². The zero-order valence-corrected chi connectivity index (χ0v) is 30.6. The Morgan fingerprint density at radius 1 is 0.688 bits per heavy atom. The standard InChI is InChI=1S/C20H25NO3S2.C18H23NO3/c1-14(15-7-5-4-6-8-15)21-13-19(17(23)24-3)9-10-20(25-11-12-26-20)18(19,2)16(21)22;1-13(14-8-5-4-6-9-14)19-12-18(16(21)22-3)11-7-10-17(18,2)15(19)20/h4-8,14H,9-13H2,1-3H3;4-6,8-9,13H,7,10-12H2,1-3H3/t14-,18-,19+;13-,17-,18+/m11/s1. The number of thioether (sulfide) groups is 2. The molecule has 2 saturated carbocycles. The number of methoxy groups -OCH3 is 2. The topological polar surface area (TPSA) is 93.2 Å². The Hall–Kier alpha value is -2.98. The van der Waals surface area contributed by atoms with Crippen LogP contribution in [0.25, 0.3) is 0 Å². The van der Waals surface area contributed by atoms with Crippen molar-refractivity contribution >= 4 is 47.3 Å². The van der Waals surface area contributed by atoms with Crippen molar-refractivity contribution in [2.75, 3.05) is 38.8 Å². The fourth-order valence-corrected chi connectivity index (χ4v) is 13.3. The van der Waals surface area contributed by atoms with Gasteiger partial charge in [-0.05, 0) is 64.5 Å². The number of fused-ring (bicyclic) bond motifs is 3. The summed E-state index contributed by atoms with van der Waals surface area (Å²) < 4.78 is 10.1. The van der Waals surface area contributed by atoms with Crippen LogP contribution in [0.2, 0.25) is 0 Å². The van der Waals surface area contributed by atoms with Gasteiger partial charge in [0.05, 0.1) is 46.6 Å². The molecule has 0 bridgehead atoms. The number of likely N-dealkylation sites (tertiary alicyclic amines) is 2. The maximum atomic E-state index is 13.8. The predicted molar refractivity (Wildman–Crippen MR) is 189 cm³/mol. The second-order valence-corrected chi connectivity index (χ2v) is 17.5. The van der Waals surface area contributed by atoms with Gasteiger partial charge in [0.25, 0.3) is 0 Å². The zero-order valence-electron chi connectivity index (χ0n) is 29.0. The number of carbonyl (C=O) groups is 4. The molecule has 2 aromatic rings. The lowest BCUT2D eigenvalue weighted by Crippen LogP contribution is -2.51. The smallest absolute Gasteiger partial charge is 0.314 e. The molecule has 1 spiro atoms. The van der Waals surface area contributed by atoms with Crippen LogP contribution in [0.3, 0.4) is 0 Å². The van der Waals surface area contributed by atoms with Crippen LogP contribution in [0.5, 0.6) is 0 Å². The molecule has 6 atom stereocenters. The van der Waals surface area contributed by atoms with E-state index in [4.69, 9.17) is 9.47 Å². The van der Waals surface area contributed by atoms with Crippen LogP contribution in [-0.2, 0) is 28.7 Å². The number of hydrogen-bond donors (Lipinski definition) is 0. The Kier molecular flexibility index (Phi) is 9.24. The highest BCUT2D eigenvalue weighted by Gasteiger charge is 2.78. The summed E-state index contributed by atoms with van der Waals surface area (Å²) in [5.41, 5.74) is -0.566. The number of amides is 2. The summed E-state index contributed by atoms with van der Waals surface area (Å²) in [5.74, 6) is 1.83. The molecule has 258 valence electrons. The Balaban J connectivity index is 0.000000170. The first kappa shape index (κ1) is 34.9. The third-order valence-electron chi connectivity index (χ3n) is 12.6. The van der Waals surface area contributed by atoms with Crippen molar-refractivity contribution in [1.29, 1.82) is 0 Å². The van der Waals surface area contributed by atoms with E-state index >= 15 is 0 Å². The van der Waals surface area contributed by atoms with Gasteiger partial charge in [-0.25, -0.2) is 0 Å². The van der Waals surface area contributed by atoms with Crippen LogP contribution in [0.15, 0.2) is 60.7 Å². The Labute approximate surface area is 293 Å². The molecule has 2 aromatic carbocycles. The van der Waals surface area contributed by atoms with Gasteiger partial charge in [0.15, 0.2) is 0 Å². The summed E-state index contributed by atoms with van der Waals surface area (Å²) >= 11 is 3.75. The summed E-state index contributed by atoms with van der Waals surface area (Å²) in [6.07, 6.45) is 4.02. The van der Waals surface area contributed by atoms with Crippen LogP contribution < -0.4 is 0 Å². The number of rotatable bonds is 6. The molecule has 48 heavy (non-hydrogen) atoms. The molecule has 2 amide bonds. The van der Waals surface area contributed by atoms with E-state index in [1.165, 1.54) is 14.2 Å². The van der Waals surface area contributed by atoms with Crippen LogP contribution in [0, 0.1) is 21.7 Å². The highest BCUT2D eigenvalue weighted by Crippen LogP contribution is 2.73. The van der Waals surface area contributed by atoms with E-state index < -0.39 is 21.7 Å². The van der Waals surface area contributed by atoms with E-state index in [2.05, 4.69) is 6.92 Å². The summed E-state index contributed by atoms with van der Waals surface area (Å²) in [7, 11) is 2.87. The highest BCUT2D eigenvalue weighted by atomic mass is 32.2. The molecule has 7 rings (SSSR count). The van der Waals surface area contributed by atoms with Gasteiger partial charge in [-0.15, -0.1) is 23.5 Å². The lowest BCUT2D eigenvalue weighted by atomic mass is 9.68. The monoisotopic (exact) mass is 692 g/mol. The summed E-state index contributed by atoms with van der Waals surface area (Å²) in [6.45, 7) is 8.98. The van der Waals surface area contributed by atoms with Gasteiger partial charge in [-0.2, -0.15) is 0 Å². The molecular weight excluding hydrogens is 645 g/mol. The summed E-state index contributed by atoms with van der Waals surface area (Å²) in [5, 5.41) is 0. The maximum absolute atomic E-state index is 13.8. The van der Waals surface area contributed by atoms with Crippen molar-refractivity contribution in [3.05, 3.63) is 71.8 Å². The third kappa shape index (κ3) is 4.78. The van der Waals surface area contributed by atoms with Crippen LogP contribution in [-0.4, -0.2) is 76.4 Å². The fourth-order valence-electron chi connectivity index (χ4n) is 9.49. The van der Waals surface area contributed by atoms with Crippen molar-refractivity contribution in [3.8, 4) is 0 Å².